The lowest BCUT2D eigenvalue weighted by Gasteiger charge is -2.30. The standard InChI is InChI=1S/C20H20N2O4/c23-16-6-2-4-8-18(16)25-13-19(24)22-11-9-14(10-12-22)20-21-15-5-1-3-7-17(15)26-20/h1-8,14,23H,9-13H2. The van der Waals surface area contributed by atoms with E-state index in [-0.39, 0.29) is 24.2 Å². The molecule has 0 saturated carbocycles. The van der Waals surface area contributed by atoms with E-state index in [2.05, 4.69) is 4.98 Å². The quantitative estimate of drug-likeness (QED) is 0.779. The van der Waals surface area contributed by atoms with Gasteiger partial charge in [0.05, 0.1) is 0 Å². The van der Waals surface area contributed by atoms with Gasteiger partial charge in [-0.05, 0) is 37.1 Å². The zero-order valence-corrected chi connectivity index (χ0v) is 14.3. The molecule has 1 aliphatic heterocycles. The van der Waals surface area contributed by atoms with Crippen LogP contribution in [-0.4, -0.2) is 40.6 Å². The van der Waals surface area contributed by atoms with Gasteiger partial charge in [0.25, 0.3) is 5.91 Å². The minimum Gasteiger partial charge on any atom is -0.504 e. The number of oxazole rings is 1. The van der Waals surface area contributed by atoms with E-state index < -0.39 is 0 Å². The van der Waals surface area contributed by atoms with Crippen molar-refractivity contribution in [2.45, 2.75) is 18.8 Å². The Balaban J connectivity index is 1.33. The fourth-order valence-corrected chi connectivity index (χ4v) is 3.25. The van der Waals surface area contributed by atoms with Gasteiger partial charge in [0.2, 0.25) is 0 Å². The molecule has 1 aliphatic rings. The summed E-state index contributed by atoms with van der Waals surface area (Å²) in [6.45, 7) is 1.21. The third-order valence-corrected chi connectivity index (χ3v) is 4.72. The zero-order chi connectivity index (χ0) is 17.9. The van der Waals surface area contributed by atoms with Gasteiger partial charge in [0, 0.05) is 19.0 Å². The number of hydrogen-bond donors (Lipinski definition) is 1. The number of likely N-dealkylation sites (tertiary alicyclic amines) is 1. The van der Waals surface area contributed by atoms with Crippen molar-refractivity contribution >= 4 is 17.0 Å². The molecule has 6 nitrogen and oxygen atoms in total. The Morgan fingerprint density at radius 3 is 2.65 bits per heavy atom. The third kappa shape index (κ3) is 3.35. The molecule has 3 aromatic rings. The number of aromatic hydroxyl groups is 1. The molecule has 0 bridgehead atoms. The summed E-state index contributed by atoms with van der Waals surface area (Å²) in [5.41, 5.74) is 1.68. The van der Waals surface area contributed by atoms with E-state index in [0.717, 1.165) is 29.8 Å². The van der Waals surface area contributed by atoms with E-state index in [0.29, 0.717) is 18.8 Å². The molecule has 1 N–H and O–H groups in total. The van der Waals surface area contributed by atoms with Gasteiger partial charge in [-0.25, -0.2) is 4.98 Å². The minimum absolute atomic E-state index is 0.0370. The first-order valence-corrected chi connectivity index (χ1v) is 8.75. The Kier molecular flexibility index (Phi) is 4.48. The van der Waals surface area contributed by atoms with Crippen molar-refractivity contribution in [3.63, 3.8) is 0 Å². The van der Waals surface area contributed by atoms with Crippen LogP contribution in [0.3, 0.4) is 0 Å². The molecule has 2 aromatic carbocycles. The number of nitrogens with zero attached hydrogens (tertiary/aromatic N) is 2. The Morgan fingerprint density at radius 2 is 1.88 bits per heavy atom. The second-order valence-electron chi connectivity index (χ2n) is 6.43. The van der Waals surface area contributed by atoms with Crippen LogP contribution in [0, 0.1) is 0 Å². The number of aromatic nitrogens is 1. The highest BCUT2D eigenvalue weighted by Gasteiger charge is 2.27. The van der Waals surface area contributed by atoms with Gasteiger partial charge in [0.15, 0.2) is 29.6 Å². The maximum absolute atomic E-state index is 12.3. The third-order valence-electron chi connectivity index (χ3n) is 4.72. The topological polar surface area (TPSA) is 75.8 Å². The first kappa shape index (κ1) is 16.4. The number of benzene rings is 2. The molecular formula is C20H20N2O4. The molecule has 1 fully saturated rings. The number of piperidine rings is 1. The molecule has 0 unspecified atom stereocenters. The van der Waals surface area contributed by atoms with Crippen molar-refractivity contribution in [3.05, 3.63) is 54.4 Å². The van der Waals surface area contributed by atoms with Gasteiger partial charge in [-0.2, -0.15) is 0 Å². The van der Waals surface area contributed by atoms with Gasteiger partial charge in [-0.15, -0.1) is 0 Å². The van der Waals surface area contributed by atoms with Crippen LogP contribution >= 0.6 is 0 Å². The predicted molar refractivity (Wildman–Crippen MR) is 96.2 cm³/mol. The van der Waals surface area contributed by atoms with Gasteiger partial charge in [-0.3, -0.25) is 4.79 Å². The largest absolute Gasteiger partial charge is 0.504 e. The highest BCUT2D eigenvalue weighted by molar-refractivity contribution is 5.78. The second-order valence-corrected chi connectivity index (χ2v) is 6.43. The first-order chi connectivity index (χ1) is 12.7. The lowest BCUT2D eigenvalue weighted by molar-refractivity contribution is -0.134. The highest BCUT2D eigenvalue weighted by Crippen LogP contribution is 2.30. The maximum Gasteiger partial charge on any atom is 0.260 e. The van der Waals surface area contributed by atoms with Crippen LogP contribution in [0.4, 0.5) is 0 Å². The fourth-order valence-electron chi connectivity index (χ4n) is 3.25. The normalized spacial score (nSPS) is 15.3. The van der Waals surface area contributed by atoms with Gasteiger partial charge >= 0.3 is 0 Å². The molecule has 1 saturated heterocycles. The lowest BCUT2D eigenvalue weighted by Crippen LogP contribution is -2.40. The SMILES string of the molecule is O=C(COc1ccccc1O)N1CCC(c2nc3ccccc3o2)CC1. The van der Waals surface area contributed by atoms with Crippen LogP contribution < -0.4 is 4.74 Å². The molecule has 0 spiro atoms. The molecule has 6 heteroatoms. The van der Waals surface area contributed by atoms with Crippen LogP contribution in [0.1, 0.15) is 24.7 Å². The Hall–Kier alpha value is -3.02. The minimum atomic E-state index is -0.0794. The number of carbonyl (C=O) groups excluding carboxylic acids is 1. The number of ether oxygens (including phenoxy) is 1. The van der Waals surface area contributed by atoms with Crippen LogP contribution in [-0.2, 0) is 4.79 Å². The molecular weight excluding hydrogens is 332 g/mol. The van der Waals surface area contributed by atoms with E-state index in [9.17, 15) is 9.90 Å². The summed E-state index contributed by atoms with van der Waals surface area (Å²) in [6, 6.07) is 14.4. The summed E-state index contributed by atoms with van der Waals surface area (Å²) in [5, 5.41) is 9.69. The highest BCUT2D eigenvalue weighted by atomic mass is 16.5. The van der Waals surface area contributed by atoms with E-state index in [1.807, 2.05) is 24.3 Å². The molecule has 2 heterocycles. The maximum atomic E-state index is 12.3. The van der Waals surface area contributed by atoms with E-state index >= 15 is 0 Å². The average molecular weight is 352 g/mol. The molecule has 0 atom stereocenters. The zero-order valence-electron chi connectivity index (χ0n) is 14.3. The summed E-state index contributed by atoms with van der Waals surface area (Å²) < 4.78 is 11.3. The average Bonchev–Trinajstić information content (AvgIpc) is 3.11. The number of carbonyl (C=O) groups is 1. The molecule has 1 aromatic heterocycles. The van der Waals surface area contributed by atoms with Crippen molar-refractivity contribution in [1.29, 1.82) is 0 Å². The second kappa shape index (κ2) is 7.07. The number of amides is 1. The van der Waals surface area contributed by atoms with E-state index in [1.165, 1.54) is 6.07 Å². The van der Waals surface area contributed by atoms with Crippen molar-refractivity contribution in [3.8, 4) is 11.5 Å². The Morgan fingerprint density at radius 1 is 1.15 bits per heavy atom. The summed E-state index contributed by atoms with van der Waals surface area (Å²) in [7, 11) is 0. The van der Waals surface area contributed by atoms with Crippen molar-refractivity contribution < 1.29 is 19.1 Å². The van der Waals surface area contributed by atoms with Crippen molar-refractivity contribution in [2.24, 2.45) is 0 Å². The van der Waals surface area contributed by atoms with Gasteiger partial charge < -0.3 is 19.2 Å². The molecule has 4 rings (SSSR count). The van der Waals surface area contributed by atoms with Crippen molar-refractivity contribution in [2.75, 3.05) is 19.7 Å². The Bertz CT molecular complexity index is 880. The predicted octanol–water partition coefficient (Wildman–Crippen LogP) is 3.32. The summed E-state index contributed by atoms with van der Waals surface area (Å²) >= 11 is 0. The summed E-state index contributed by atoms with van der Waals surface area (Å²) in [5.74, 6) is 1.26. The van der Waals surface area contributed by atoms with Gasteiger partial charge in [-0.1, -0.05) is 24.3 Å². The smallest absolute Gasteiger partial charge is 0.260 e. The number of phenols is 1. The Labute approximate surface area is 151 Å². The summed E-state index contributed by atoms with van der Waals surface area (Å²) in [6.07, 6.45) is 1.63. The first-order valence-electron chi connectivity index (χ1n) is 8.75. The number of rotatable bonds is 4. The van der Waals surface area contributed by atoms with Crippen LogP contribution in [0.2, 0.25) is 0 Å². The number of hydrogen-bond acceptors (Lipinski definition) is 5. The number of para-hydroxylation sites is 4. The fraction of sp³-hybridized carbons (Fsp3) is 0.300. The van der Waals surface area contributed by atoms with Crippen LogP contribution in [0.5, 0.6) is 11.5 Å². The van der Waals surface area contributed by atoms with Gasteiger partial charge in [0.1, 0.15) is 5.52 Å². The van der Waals surface area contributed by atoms with E-state index in [1.54, 1.807) is 23.1 Å². The number of fused-ring (bicyclic) bond motifs is 1. The molecule has 1 amide bonds. The summed E-state index contributed by atoms with van der Waals surface area (Å²) in [4.78, 5) is 18.7. The molecule has 134 valence electrons. The number of phenolic OH excluding ortho intramolecular Hbond substituents is 1. The monoisotopic (exact) mass is 352 g/mol. The molecule has 0 aliphatic carbocycles. The van der Waals surface area contributed by atoms with Crippen molar-refractivity contribution in [1.82, 2.24) is 9.88 Å². The van der Waals surface area contributed by atoms with Crippen LogP contribution in [0.15, 0.2) is 52.9 Å². The van der Waals surface area contributed by atoms with E-state index in [4.69, 9.17) is 9.15 Å². The van der Waals surface area contributed by atoms with Crippen LogP contribution in [0.25, 0.3) is 11.1 Å². The molecule has 0 radical (unpaired) electrons. The lowest BCUT2D eigenvalue weighted by atomic mass is 9.97. The molecule has 26 heavy (non-hydrogen) atoms.